The van der Waals surface area contributed by atoms with E-state index >= 15 is 0 Å². The highest BCUT2D eigenvalue weighted by Gasteiger charge is 2.31. The molecule has 0 saturated heterocycles. The predicted molar refractivity (Wildman–Crippen MR) is 76.9 cm³/mol. The standard InChI is InChI=1S/C14H18N2O6/c1-3-11(17)15-12(14(19)22-4-2)13(18)9-6-5-7-10(8-9)16(20)21/h5-8,12-13,18H,3-4H2,1-2H3,(H,15,17)/t12-,13+/m0/s1. The van der Waals surface area contributed by atoms with Gasteiger partial charge in [0, 0.05) is 18.6 Å². The van der Waals surface area contributed by atoms with Crippen LogP contribution in [0.4, 0.5) is 5.69 Å². The van der Waals surface area contributed by atoms with E-state index < -0.39 is 28.9 Å². The van der Waals surface area contributed by atoms with Crippen molar-refractivity contribution in [1.82, 2.24) is 5.32 Å². The molecule has 120 valence electrons. The van der Waals surface area contributed by atoms with Crippen molar-refractivity contribution in [3.8, 4) is 0 Å². The van der Waals surface area contributed by atoms with Crippen LogP contribution in [0.5, 0.6) is 0 Å². The molecule has 0 aliphatic heterocycles. The number of non-ortho nitro benzene ring substituents is 1. The van der Waals surface area contributed by atoms with Crippen molar-refractivity contribution in [2.45, 2.75) is 32.4 Å². The number of nitrogens with one attached hydrogen (secondary N) is 1. The summed E-state index contributed by atoms with van der Waals surface area (Å²) in [7, 11) is 0. The molecule has 0 aliphatic rings. The Bertz CT molecular complexity index is 560. The molecule has 22 heavy (non-hydrogen) atoms. The molecule has 8 nitrogen and oxygen atoms in total. The van der Waals surface area contributed by atoms with Gasteiger partial charge in [-0.15, -0.1) is 0 Å². The molecule has 0 heterocycles. The number of amides is 1. The zero-order chi connectivity index (χ0) is 16.7. The summed E-state index contributed by atoms with van der Waals surface area (Å²) in [5, 5.41) is 23.4. The van der Waals surface area contributed by atoms with Gasteiger partial charge in [-0.1, -0.05) is 19.1 Å². The smallest absolute Gasteiger partial charge is 0.331 e. The van der Waals surface area contributed by atoms with E-state index in [1.54, 1.807) is 13.8 Å². The van der Waals surface area contributed by atoms with Crippen molar-refractivity contribution < 1.29 is 24.4 Å². The van der Waals surface area contributed by atoms with Crippen LogP contribution in [0.3, 0.4) is 0 Å². The molecule has 1 rings (SSSR count). The molecule has 8 heteroatoms. The molecule has 1 amide bonds. The monoisotopic (exact) mass is 310 g/mol. The van der Waals surface area contributed by atoms with Crippen molar-refractivity contribution in [3.63, 3.8) is 0 Å². The molecule has 0 bridgehead atoms. The number of nitro groups is 1. The summed E-state index contributed by atoms with van der Waals surface area (Å²) in [5.41, 5.74) is -0.0790. The summed E-state index contributed by atoms with van der Waals surface area (Å²) < 4.78 is 4.82. The zero-order valence-electron chi connectivity index (χ0n) is 12.3. The molecular formula is C14H18N2O6. The molecule has 0 unspecified atom stereocenters. The van der Waals surface area contributed by atoms with E-state index in [-0.39, 0.29) is 24.3 Å². The highest BCUT2D eigenvalue weighted by molar-refractivity contribution is 5.85. The first-order valence-corrected chi connectivity index (χ1v) is 6.79. The third-order valence-corrected chi connectivity index (χ3v) is 2.92. The second-order valence-corrected chi connectivity index (χ2v) is 4.45. The molecule has 0 saturated carbocycles. The number of hydrogen-bond donors (Lipinski definition) is 2. The van der Waals surface area contributed by atoms with Gasteiger partial charge in [-0.25, -0.2) is 4.79 Å². The minimum absolute atomic E-state index is 0.0823. The number of benzene rings is 1. The quantitative estimate of drug-likeness (QED) is 0.442. The molecule has 2 N–H and O–H groups in total. The third kappa shape index (κ3) is 4.52. The second kappa shape index (κ2) is 8.08. The Kier molecular flexibility index (Phi) is 6.46. The van der Waals surface area contributed by atoms with E-state index in [1.165, 1.54) is 18.2 Å². The summed E-state index contributed by atoms with van der Waals surface area (Å²) in [4.78, 5) is 33.6. The second-order valence-electron chi connectivity index (χ2n) is 4.45. The number of carbonyl (C=O) groups excluding carboxylic acids is 2. The molecule has 1 aromatic rings. The van der Waals surface area contributed by atoms with E-state index in [4.69, 9.17) is 4.74 Å². The minimum atomic E-state index is -1.45. The van der Waals surface area contributed by atoms with Gasteiger partial charge in [0.1, 0.15) is 6.10 Å². The Labute approximate surface area is 127 Å². The average molecular weight is 310 g/mol. The first-order chi connectivity index (χ1) is 10.4. The third-order valence-electron chi connectivity index (χ3n) is 2.92. The largest absolute Gasteiger partial charge is 0.464 e. The van der Waals surface area contributed by atoms with Crippen LogP contribution in [-0.4, -0.2) is 34.6 Å². The van der Waals surface area contributed by atoms with Gasteiger partial charge < -0.3 is 15.2 Å². The fourth-order valence-corrected chi connectivity index (χ4v) is 1.79. The number of ether oxygens (including phenoxy) is 1. The van der Waals surface area contributed by atoms with Gasteiger partial charge in [-0.2, -0.15) is 0 Å². The van der Waals surface area contributed by atoms with Crippen LogP contribution in [0, 0.1) is 10.1 Å². The maximum atomic E-state index is 11.9. The number of hydrogen-bond acceptors (Lipinski definition) is 6. The van der Waals surface area contributed by atoms with Gasteiger partial charge in [0.25, 0.3) is 5.69 Å². The van der Waals surface area contributed by atoms with Crippen molar-refractivity contribution >= 4 is 17.6 Å². The van der Waals surface area contributed by atoms with E-state index in [1.807, 2.05) is 0 Å². The van der Waals surface area contributed by atoms with Gasteiger partial charge in [0.15, 0.2) is 6.04 Å². The topological polar surface area (TPSA) is 119 Å². The summed E-state index contributed by atoms with van der Waals surface area (Å²) >= 11 is 0. The highest BCUT2D eigenvalue weighted by atomic mass is 16.6. The molecular weight excluding hydrogens is 292 g/mol. The van der Waals surface area contributed by atoms with Crippen molar-refractivity contribution in [3.05, 3.63) is 39.9 Å². The normalized spacial score (nSPS) is 13.0. The fourth-order valence-electron chi connectivity index (χ4n) is 1.79. The Balaban J connectivity index is 3.06. The number of carbonyl (C=O) groups is 2. The molecule has 0 fully saturated rings. The first kappa shape index (κ1) is 17.6. The minimum Gasteiger partial charge on any atom is -0.464 e. The molecule has 1 aromatic carbocycles. The van der Waals surface area contributed by atoms with Crippen LogP contribution in [0.1, 0.15) is 31.9 Å². The van der Waals surface area contributed by atoms with Crippen molar-refractivity contribution in [1.29, 1.82) is 0 Å². The Morgan fingerprint density at radius 3 is 2.64 bits per heavy atom. The fraction of sp³-hybridized carbons (Fsp3) is 0.429. The predicted octanol–water partition coefficient (Wildman–Crippen LogP) is 1.09. The molecule has 0 aliphatic carbocycles. The summed E-state index contributed by atoms with van der Waals surface area (Å²) in [6, 6.07) is 3.91. The van der Waals surface area contributed by atoms with Crippen LogP contribution in [0.2, 0.25) is 0 Å². The maximum Gasteiger partial charge on any atom is 0.331 e. The summed E-state index contributed by atoms with van der Waals surface area (Å²) in [6.45, 7) is 3.27. The van der Waals surface area contributed by atoms with Gasteiger partial charge in [0.05, 0.1) is 11.5 Å². The Hall–Kier alpha value is -2.48. The molecule has 2 atom stereocenters. The number of nitro benzene ring substituents is 1. The van der Waals surface area contributed by atoms with Crippen LogP contribution in [0.15, 0.2) is 24.3 Å². The van der Waals surface area contributed by atoms with Gasteiger partial charge in [-0.05, 0) is 12.5 Å². The van der Waals surface area contributed by atoms with Crippen LogP contribution in [-0.2, 0) is 14.3 Å². The lowest BCUT2D eigenvalue weighted by atomic mass is 10.0. The van der Waals surface area contributed by atoms with E-state index in [0.717, 1.165) is 6.07 Å². The number of rotatable bonds is 7. The van der Waals surface area contributed by atoms with E-state index in [2.05, 4.69) is 5.32 Å². The number of aliphatic hydroxyl groups is 1. The Morgan fingerprint density at radius 2 is 2.09 bits per heavy atom. The SMILES string of the molecule is CCOC(=O)[C@@H](NC(=O)CC)[C@H](O)c1cccc([N+](=O)[O-])c1. The van der Waals surface area contributed by atoms with Crippen molar-refractivity contribution in [2.24, 2.45) is 0 Å². The van der Waals surface area contributed by atoms with Gasteiger partial charge in [0.2, 0.25) is 5.91 Å². The maximum absolute atomic E-state index is 11.9. The lowest BCUT2D eigenvalue weighted by Crippen LogP contribution is -2.45. The number of aliphatic hydroxyl groups excluding tert-OH is 1. The van der Waals surface area contributed by atoms with Gasteiger partial charge in [-0.3, -0.25) is 14.9 Å². The summed E-state index contributed by atoms with van der Waals surface area (Å²) in [5.74, 6) is -1.24. The molecule has 0 spiro atoms. The number of esters is 1. The molecule has 0 aromatic heterocycles. The highest BCUT2D eigenvalue weighted by Crippen LogP contribution is 2.22. The first-order valence-electron chi connectivity index (χ1n) is 6.79. The van der Waals surface area contributed by atoms with Crippen LogP contribution >= 0.6 is 0 Å². The van der Waals surface area contributed by atoms with Crippen LogP contribution in [0.25, 0.3) is 0 Å². The van der Waals surface area contributed by atoms with Crippen LogP contribution < -0.4 is 5.32 Å². The average Bonchev–Trinajstić information content (AvgIpc) is 2.51. The van der Waals surface area contributed by atoms with Gasteiger partial charge >= 0.3 is 5.97 Å². The van der Waals surface area contributed by atoms with E-state index in [9.17, 15) is 24.8 Å². The lowest BCUT2D eigenvalue weighted by molar-refractivity contribution is -0.385. The molecule has 0 radical (unpaired) electrons. The lowest BCUT2D eigenvalue weighted by Gasteiger charge is -2.22. The summed E-state index contributed by atoms with van der Waals surface area (Å²) in [6.07, 6.45) is -1.33. The van der Waals surface area contributed by atoms with E-state index in [0.29, 0.717) is 0 Å². The Morgan fingerprint density at radius 1 is 1.41 bits per heavy atom. The number of nitrogens with zero attached hydrogens (tertiary/aromatic N) is 1. The zero-order valence-corrected chi connectivity index (χ0v) is 12.3. The van der Waals surface area contributed by atoms with Crippen molar-refractivity contribution in [2.75, 3.05) is 6.61 Å².